The van der Waals surface area contributed by atoms with Crippen LogP contribution < -0.4 is 14.2 Å². The number of fused-ring (bicyclic) bond motifs is 1. The molecule has 1 heterocycles. The van der Waals surface area contributed by atoms with Gasteiger partial charge in [0, 0.05) is 11.6 Å². The molecule has 1 aliphatic heterocycles. The van der Waals surface area contributed by atoms with Gasteiger partial charge in [-0.1, -0.05) is 0 Å². The maximum Gasteiger partial charge on any atom is 0.231 e. The number of Topliss-reactive ketones (excluding diaryl/α,β-unsaturated/α-hetero) is 1. The summed E-state index contributed by atoms with van der Waals surface area (Å²) < 4.78 is 17.0. The Morgan fingerprint density at radius 1 is 1.15 bits per heavy atom. The summed E-state index contributed by atoms with van der Waals surface area (Å²) in [4.78, 5) is 11.3. The summed E-state index contributed by atoms with van der Waals surface area (Å²) in [5.74, 6) is 2.67. The Hall–Kier alpha value is -2.01. The van der Waals surface area contributed by atoms with E-state index in [0.29, 0.717) is 28.6 Å². The molecule has 5 heteroatoms. The van der Waals surface area contributed by atoms with Crippen LogP contribution in [-0.2, 0) is 0 Å². The Morgan fingerprint density at radius 2 is 1.95 bits per heavy atom. The smallest absolute Gasteiger partial charge is 0.231 e. The standard InChI is InChI=1S/C15H11BrO4/c1-9(17)10-2-4-13(12(16)6-10)20-11-3-5-14-15(7-11)19-8-18-14/h2-7H,8H2,1H3. The molecule has 0 fully saturated rings. The molecular weight excluding hydrogens is 324 g/mol. The van der Waals surface area contributed by atoms with Crippen molar-refractivity contribution < 1.29 is 19.0 Å². The lowest BCUT2D eigenvalue weighted by molar-refractivity contribution is 0.101. The fourth-order valence-corrected chi connectivity index (χ4v) is 2.33. The maximum atomic E-state index is 11.3. The second-order valence-corrected chi connectivity index (χ2v) is 5.17. The summed E-state index contributed by atoms with van der Waals surface area (Å²) >= 11 is 3.40. The minimum atomic E-state index is 0.0142. The topological polar surface area (TPSA) is 44.8 Å². The summed E-state index contributed by atoms with van der Waals surface area (Å²) in [5.41, 5.74) is 0.634. The van der Waals surface area contributed by atoms with Gasteiger partial charge in [-0.15, -0.1) is 0 Å². The van der Waals surface area contributed by atoms with Crippen LogP contribution in [0.25, 0.3) is 0 Å². The van der Waals surface area contributed by atoms with Gasteiger partial charge in [0.25, 0.3) is 0 Å². The molecule has 2 aromatic rings. The Kier molecular flexibility index (Phi) is 3.36. The monoisotopic (exact) mass is 334 g/mol. The van der Waals surface area contributed by atoms with Crippen LogP contribution in [0.4, 0.5) is 0 Å². The maximum absolute atomic E-state index is 11.3. The van der Waals surface area contributed by atoms with Gasteiger partial charge in [-0.05, 0) is 53.2 Å². The van der Waals surface area contributed by atoms with Crippen molar-refractivity contribution in [1.82, 2.24) is 0 Å². The van der Waals surface area contributed by atoms with Crippen molar-refractivity contribution in [2.75, 3.05) is 6.79 Å². The molecule has 0 aromatic heterocycles. The third kappa shape index (κ3) is 2.49. The molecule has 0 spiro atoms. The fraction of sp³-hybridized carbons (Fsp3) is 0.133. The van der Waals surface area contributed by atoms with Gasteiger partial charge >= 0.3 is 0 Å². The van der Waals surface area contributed by atoms with E-state index in [1.165, 1.54) is 6.92 Å². The molecule has 0 N–H and O–H groups in total. The van der Waals surface area contributed by atoms with Crippen LogP contribution in [0.1, 0.15) is 17.3 Å². The van der Waals surface area contributed by atoms with Crippen LogP contribution in [0, 0.1) is 0 Å². The lowest BCUT2D eigenvalue weighted by atomic mass is 10.1. The van der Waals surface area contributed by atoms with Gasteiger partial charge in [-0.3, -0.25) is 4.79 Å². The zero-order valence-electron chi connectivity index (χ0n) is 10.7. The van der Waals surface area contributed by atoms with Crippen molar-refractivity contribution in [2.45, 2.75) is 6.92 Å². The largest absolute Gasteiger partial charge is 0.456 e. The second kappa shape index (κ2) is 5.17. The Balaban J connectivity index is 1.86. The molecule has 4 nitrogen and oxygen atoms in total. The van der Waals surface area contributed by atoms with Crippen molar-refractivity contribution in [1.29, 1.82) is 0 Å². The van der Waals surface area contributed by atoms with Gasteiger partial charge in [-0.2, -0.15) is 0 Å². The zero-order chi connectivity index (χ0) is 14.1. The first-order chi connectivity index (χ1) is 9.63. The lowest BCUT2D eigenvalue weighted by Gasteiger charge is -2.09. The van der Waals surface area contributed by atoms with Gasteiger partial charge in [0.2, 0.25) is 6.79 Å². The number of carbonyl (C=O) groups excluding carboxylic acids is 1. The quantitative estimate of drug-likeness (QED) is 0.790. The summed E-state index contributed by atoms with van der Waals surface area (Å²) in [6, 6.07) is 10.6. The van der Waals surface area contributed by atoms with E-state index in [4.69, 9.17) is 14.2 Å². The summed E-state index contributed by atoms with van der Waals surface area (Å²) in [6.07, 6.45) is 0. The number of rotatable bonds is 3. The third-order valence-corrected chi connectivity index (χ3v) is 3.53. The molecule has 2 aromatic carbocycles. The van der Waals surface area contributed by atoms with Gasteiger partial charge < -0.3 is 14.2 Å². The highest BCUT2D eigenvalue weighted by Gasteiger charge is 2.14. The predicted octanol–water partition coefficient (Wildman–Crippen LogP) is 4.17. The van der Waals surface area contributed by atoms with Crippen LogP contribution in [0.3, 0.4) is 0 Å². The highest BCUT2D eigenvalue weighted by Crippen LogP contribution is 2.38. The predicted molar refractivity (Wildman–Crippen MR) is 76.8 cm³/mol. The summed E-state index contributed by atoms with van der Waals surface area (Å²) in [5, 5.41) is 0. The lowest BCUT2D eigenvalue weighted by Crippen LogP contribution is -1.93. The van der Waals surface area contributed by atoms with Crippen LogP contribution in [0.15, 0.2) is 40.9 Å². The number of hydrogen-bond acceptors (Lipinski definition) is 4. The van der Waals surface area contributed by atoms with Crippen LogP contribution >= 0.6 is 15.9 Å². The van der Waals surface area contributed by atoms with Gasteiger partial charge in [0.05, 0.1) is 4.47 Å². The van der Waals surface area contributed by atoms with Crippen molar-refractivity contribution in [3.63, 3.8) is 0 Å². The van der Waals surface area contributed by atoms with Crippen molar-refractivity contribution in [3.8, 4) is 23.0 Å². The first-order valence-corrected chi connectivity index (χ1v) is 6.81. The second-order valence-electron chi connectivity index (χ2n) is 4.32. The SMILES string of the molecule is CC(=O)c1ccc(Oc2ccc3c(c2)OCO3)c(Br)c1. The van der Waals surface area contributed by atoms with Crippen LogP contribution in [0.2, 0.25) is 0 Å². The molecule has 0 aliphatic carbocycles. The van der Waals surface area contributed by atoms with Crippen LogP contribution in [0.5, 0.6) is 23.0 Å². The van der Waals surface area contributed by atoms with E-state index in [-0.39, 0.29) is 12.6 Å². The summed E-state index contributed by atoms with van der Waals surface area (Å²) in [7, 11) is 0. The Morgan fingerprint density at radius 3 is 2.70 bits per heavy atom. The van der Waals surface area contributed by atoms with Crippen molar-refractivity contribution in [2.24, 2.45) is 0 Å². The minimum Gasteiger partial charge on any atom is -0.456 e. The van der Waals surface area contributed by atoms with E-state index in [1.54, 1.807) is 36.4 Å². The molecule has 0 radical (unpaired) electrons. The number of halogens is 1. The third-order valence-electron chi connectivity index (χ3n) is 2.91. The molecule has 0 bridgehead atoms. The first kappa shape index (κ1) is 13.0. The number of benzene rings is 2. The van der Waals surface area contributed by atoms with E-state index in [2.05, 4.69) is 15.9 Å². The Labute approximate surface area is 124 Å². The first-order valence-electron chi connectivity index (χ1n) is 6.01. The summed E-state index contributed by atoms with van der Waals surface area (Å²) in [6.45, 7) is 1.76. The molecule has 1 aliphatic rings. The fourth-order valence-electron chi connectivity index (χ4n) is 1.87. The molecular formula is C15H11BrO4. The van der Waals surface area contributed by atoms with E-state index in [9.17, 15) is 4.79 Å². The molecule has 0 atom stereocenters. The van der Waals surface area contributed by atoms with Gasteiger partial charge in [0.15, 0.2) is 17.3 Å². The number of ether oxygens (including phenoxy) is 3. The van der Waals surface area contributed by atoms with E-state index in [0.717, 1.165) is 4.47 Å². The van der Waals surface area contributed by atoms with Crippen LogP contribution in [-0.4, -0.2) is 12.6 Å². The van der Waals surface area contributed by atoms with Gasteiger partial charge in [-0.25, -0.2) is 0 Å². The van der Waals surface area contributed by atoms with Gasteiger partial charge in [0.1, 0.15) is 11.5 Å². The molecule has 0 saturated heterocycles. The molecule has 0 amide bonds. The molecule has 20 heavy (non-hydrogen) atoms. The number of carbonyl (C=O) groups is 1. The van der Waals surface area contributed by atoms with Crippen molar-refractivity contribution >= 4 is 21.7 Å². The molecule has 102 valence electrons. The molecule has 3 rings (SSSR count). The normalized spacial score (nSPS) is 12.3. The van der Waals surface area contributed by atoms with E-state index >= 15 is 0 Å². The number of ketones is 1. The highest BCUT2D eigenvalue weighted by molar-refractivity contribution is 9.10. The molecule has 0 unspecified atom stereocenters. The number of hydrogen-bond donors (Lipinski definition) is 0. The minimum absolute atomic E-state index is 0.0142. The Bertz CT molecular complexity index is 682. The zero-order valence-corrected chi connectivity index (χ0v) is 12.3. The van der Waals surface area contributed by atoms with Crippen molar-refractivity contribution in [3.05, 3.63) is 46.4 Å². The van der Waals surface area contributed by atoms with E-state index in [1.807, 2.05) is 0 Å². The average Bonchev–Trinajstić information content (AvgIpc) is 2.88. The highest BCUT2D eigenvalue weighted by atomic mass is 79.9. The average molecular weight is 335 g/mol. The van der Waals surface area contributed by atoms with E-state index < -0.39 is 0 Å². The molecule has 0 saturated carbocycles.